The summed E-state index contributed by atoms with van der Waals surface area (Å²) in [5.41, 5.74) is -0.268. The Labute approximate surface area is 169 Å². The van der Waals surface area contributed by atoms with Crippen LogP contribution in [0.5, 0.6) is 5.75 Å². The molecule has 0 spiro atoms. The van der Waals surface area contributed by atoms with Gasteiger partial charge in [0.1, 0.15) is 11.3 Å². The van der Waals surface area contributed by atoms with Crippen molar-refractivity contribution in [2.24, 2.45) is 0 Å². The summed E-state index contributed by atoms with van der Waals surface area (Å²) >= 11 is 0. The van der Waals surface area contributed by atoms with E-state index in [-0.39, 0.29) is 25.5 Å². The molecule has 29 heavy (non-hydrogen) atoms. The monoisotopic (exact) mass is 399 g/mol. The van der Waals surface area contributed by atoms with Gasteiger partial charge in [0.2, 0.25) is 0 Å². The first-order valence-electron chi connectivity index (χ1n) is 9.89. The Bertz CT molecular complexity index is 826. The molecule has 1 aliphatic heterocycles. The highest BCUT2D eigenvalue weighted by molar-refractivity contribution is 5.98. The van der Waals surface area contributed by atoms with Crippen LogP contribution in [0.1, 0.15) is 45.4 Å². The summed E-state index contributed by atoms with van der Waals surface area (Å²) in [5.74, 6) is -0.716. The maximum absolute atomic E-state index is 12.4. The van der Waals surface area contributed by atoms with Gasteiger partial charge in [0.05, 0.1) is 18.2 Å². The summed E-state index contributed by atoms with van der Waals surface area (Å²) < 4.78 is 10.6. The Morgan fingerprint density at radius 1 is 1.31 bits per heavy atom. The molecule has 1 N–H and O–H groups in total. The van der Waals surface area contributed by atoms with Gasteiger partial charge in [0.15, 0.2) is 12.7 Å². The number of fused-ring (bicyclic) bond motifs is 1. The third-order valence-corrected chi connectivity index (χ3v) is 5.31. The first-order valence-corrected chi connectivity index (χ1v) is 9.89. The van der Waals surface area contributed by atoms with Crippen LogP contribution in [0.3, 0.4) is 0 Å². The molecule has 1 fully saturated rings. The van der Waals surface area contributed by atoms with E-state index >= 15 is 0 Å². The number of ether oxygens (including phenoxy) is 2. The van der Waals surface area contributed by atoms with Gasteiger partial charge in [-0.05, 0) is 31.9 Å². The van der Waals surface area contributed by atoms with E-state index < -0.39 is 23.5 Å². The van der Waals surface area contributed by atoms with Crippen molar-refractivity contribution < 1.29 is 23.9 Å². The maximum atomic E-state index is 12.4. The number of para-hydroxylation sites is 2. The van der Waals surface area contributed by atoms with Gasteiger partial charge in [-0.15, -0.1) is 0 Å². The highest BCUT2D eigenvalue weighted by Gasteiger charge is 2.35. The zero-order chi connectivity index (χ0) is 20.9. The van der Waals surface area contributed by atoms with E-state index in [1.54, 1.807) is 18.2 Å². The van der Waals surface area contributed by atoms with E-state index in [4.69, 9.17) is 9.47 Å². The van der Waals surface area contributed by atoms with Crippen LogP contribution in [0.15, 0.2) is 24.3 Å². The van der Waals surface area contributed by atoms with Crippen LogP contribution in [0.2, 0.25) is 0 Å². The van der Waals surface area contributed by atoms with Crippen molar-refractivity contribution >= 4 is 23.5 Å². The van der Waals surface area contributed by atoms with Gasteiger partial charge in [0, 0.05) is 6.54 Å². The van der Waals surface area contributed by atoms with E-state index in [1.807, 2.05) is 6.07 Å². The van der Waals surface area contributed by atoms with Crippen LogP contribution >= 0.6 is 0 Å². The standard InChI is InChI=1S/C21H25N3O5/c1-15(20(27)23-21(14-22)10-5-2-6-11-21)29-19(26)9-12-24-16-7-3-4-8-17(16)28-13-18(24)25/h3-4,7-8,15H,2,5-6,9-13H2,1H3,(H,23,27)/t15-/m0/s1. The molecule has 1 aliphatic carbocycles. The number of carbonyl (C=O) groups is 3. The summed E-state index contributed by atoms with van der Waals surface area (Å²) in [4.78, 5) is 38.3. The van der Waals surface area contributed by atoms with Gasteiger partial charge in [-0.1, -0.05) is 31.4 Å². The van der Waals surface area contributed by atoms with Gasteiger partial charge in [-0.25, -0.2) is 0 Å². The van der Waals surface area contributed by atoms with Crippen LogP contribution in [-0.2, 0) is 19.1 Å². The fourth-order valence-corrected chi connectivity index (χ4v) is 3.67. The van der Waals surface area contributed by atoms with E-state index in [1.165, 1.54) is 11.8 Å². The fourth-order valence-electron chi connectivity index (χ4n) is 3.67. The quantitative estimate of drug-likeness (QED) is 0.734. The number of esters is 1. The third-order valence-electron chi connectivity index (χ3n) is 5.31. The van der Waals surface area contributed by atoms with Crippen molar-refractivity contribution in [3.8, 4) is 11.8 Å². The molecular formula is C21H25N3O5. The van der Waals surface area contributed by atoms with Gasteiger partial charge in [-0.2, -0.15) is 5.26 Å². The predicted octanol–water partition coefficient (Wildman–Crippen LogP) is 2.08. The number of carbonyl (C=O) groups excluding carboxylic acids is 3. The fraction of sp³-hybridized carbons (Fsp3) is 0.524. The van der Waals surface area contributed by atoms with Gasteiger partial charge in [-0.3, -0.25) is 14.4 Å². The highest BCUT2D eigenvalue weighted by atomic mass is 16.5. The molecule has 8 heteroatoms. The minimum Gasteiger partial charge on any atom is -0.482 e. The minimum absolute atomic E-state index is 0.0545. The largest absolute Gasteiger partial charge is 0.482 e. The van der Waals surface area contributed by atoms with Crippen molar-refractivity contribution in [3.05, 3.63) is 24.3 Å². The van der Waals surface area contributed by atoms with Gasteiger partial charge >= 0.3 is 5.97 Å². The summed E-state index contributed by atoms with van der Waals surface area (Å²) in [5, 5.41) is 12.2. The second-order valence-corrected chi connectivity index (χ2v) is 7.43. The Balaban J connectivity index is 1.52. The molecule has 8 nitrogen and oxygen atoms in total. The molecule has 2 amide bonds. The van der Waals surface area contributed by atoms with Crippen LogP contribution in [0.25, 0.3) is 0 Å². The van der Waals surface area contributed by atoms with E-state index in [9.17, 15) is 19.6 Å². The lowest BCUT2D eigenvalue weighted by molar-refractivity contribution is -0.155. The van der Waals surface area contributed by atoms with Crippen LogP contribution in [0, 0.1) is 11.3 Å². The zero-order valence-corrected chi connectivity index (χ0v) is 16.5. The number of hydrogen-bond donors (Lipinski definition) is 1. The molecule has 1 atom stereocenters. The number of benzene rings is 1. The third kappa shape index (κ3) is 4.86. The van der Waals surface area contributed by atoms with Crippen LogP contribution < -0.4 is 15.0 Å². The molecule has 0 unspecified atom stereocenters. The van der Waals surface area contributed by atoms with Gasteiger partial charge < -0.3 is 19.7 Å². The lowest BCUT2D eigenvalue weighted by Gasteiger charge is -2.32. The average molecular weight is 399 g/mol. The van der Waals surface area contributed by atoms with Crippen molar-refractivity contribution in [3.63, 3.8) is 0 Å². The zero-order valence-electron chi connectivity index (χ0n) is 16.5. The second kappa shape index (κ2) is 8.95. The van der Waals surface area contributed by atoms with Crippen molar-refractivity contribution in [2.75, 3.05) is 18.1 Å². The molecule has 1 aromatic rings. The first-order chi connectivity index (χ1) is 13.9. The van der Waals surface area contributed by atoms with Gasteiger partial charge in [0.25, 0.3) is 11.8 Å². The van der Waals surface area contributed by atoms with Crippen molar-refractivity contribution in [1.29, 1.82) is 5.26 Å². The van der Waals surface area contributed by atoms with Crippen molar-refractivity contribution in [1.82, 2.24) is 5.32 Å². The molecule has 0 aromatic heterocycles. The SMILES string of the molecule is C[C@H](OC(=O)CCN1C(=O)COc2ccccc21)C(=O)NC1(C#N)CCCCC1. The molecule has 2 aliphatic rings. The molecule has 154 valence electrons. The lowest BCUT2D eigenvalue weighted by Crippen LogP contribution is -2.52. The summed E-state index contributed by atoms with van der Waals surface area (Å²) in [7, 11) is 0. The van der Waals surface area contributed by atoms with E-state index in [0.717, 1.165) is 19.3 Å². The Kier molecular flexibility index (Phi) is 6.37. The number of amides is 2. The topological polar surface area (TPSA) is 109 Å². The normalized spacial score (nSPS) is 18.6. The highest BCUT2D eigenvalue weighted by Crippen LogP contribution is 2.31. The maximum Gasteiger partial charge on any atom is 0.308 e. The number of anilines is 1. The number of nitrogens with zero attached hydrogens (tertiary/aromatic N) is 2. The summed E-state index contributed by atoms with van der Waals surface area (Å²) in [6, 6.07) is 9.31. The molecule has 1 heterocycles. The first kappa shape index (κ1) is 20.6. The van der Waals surface area contributed by atoms with E-state index in [0.29, 0.717) is 24.3 Å². The molecule has 0 saturated heterocycles. The Hall–Kier alpha value is -3.08. The summed E-state index contributed by atoms with van der Waals surface area (Å²) in [6.45, 7) is 1.53. The lowest BCUT2D eigenvalue weighted by atomic mass is 9.83. The molecular weight excluding hydrogens is 374 g/mol. The molecule has 3 rings (SSSR count). The Morgan fingerprint density at radius 2 is 2.03 bits per heavy atom. The number of rotatable bonds is 6. The smallest absolute Gasteiger partial charge is 0.308 e. The number of hydrogen-bond acceptors (Lipinski definition) is 6. The van der Waals surface area contributed by atoms with E-state index in [2.05, 4.69) is 11.4 Å². The minimum atomic E-state index is -1.01. The number of nitriles is 1. The van der Waals surface area contributed by atoms with Crippen LogP contribution in [-0.4, -0.2) is 42.6 Å². The van der Waals surface area contributed by atoms with Crippen molar-refractivity contribution in [2.45, 2.75) is 57.1 Å². The second-order valence-electron chi connectivity index (χ2n) is 7.43. The van der Waals surface area contributed by atoms with Crippen LogP contribution in [0.4, 0.5) is 5.69 Å². The Morgan fingerprint density at radius 3 is 2.76 bits per heavy atom. The average Bonchev–Trinajstić information content (AvgIpc) is 2.73. The predicted molar refractivity (Wildman–Crippen MR) is 104 cm³/mol. The molecule has 1 aromatic carbocycles. The number of nitrogens with one attached hydrogen (secondary N) is 1. The molecule has 0 radical (unpaired) electrons. The summed E-state index contributed by atoms with van der Waals surface area (Å²) in [6.07, 6.45) is 2.97. The molecule has 1 saturated carbocycles. The molecule has 0 bridgehead atoms.